The zero-order valence-corrected chi connectivity index (χ0v) is 12.6. The van der Waals surface area contributed by atoms with E-state index in [0.29, 0.717) is 5.75 Å². The van der Waals surface area contributed by atoms with Gasteiger partial charge in [-0.1, -0.05) is 12.1 Å². The van der Waals surface area contributed by atoms with Crippen LogP contribution in [0, 0.1) is 19.8 Å². The summed E-state index contributed by atoms with van der Waals surface area (Å²) in [4.78, 5) is 23.3. The van der Waals surface area contributed by atoms with E-state index in [0.717, 1.165) is 24.0 Å². The van der Waals surface area contributed by atoms with Crippen LogP contribution in [-0.4, -0.2) is 29.1 Å². The predicted octanol–water partition coefficient (Wildman–Crippen LogP) is 2.05. The number of carboxylic acids is 1. The minimum absolute atomic E-state index is 0.0136. The third-order valence-corrected chi connectivity index (χ3v) is 4.15. The largest absolute Gasteiger partial charge is 0.483 e. The number of rotatable bonds is 6. The monoisotopic (exact) mass is 291 g/mol. The number of amides is 1. The van der Waals surface area contributed by atoms with Gasteiger partial charge in [0.05, 0.1) is 0 Å². The zero-order valence-electron chi connectivity index (χ0n) is 12.6. The van der Waals surface area contributed by atoms with Crippen molar-refractivity contribution in [3.63, 3.8) is 0 Å². The maximum atomic E-state index is 12.0. The first-order chi connectivity index (χ1) is 9.84. The summed E-state index contributed by atoms with van der Waals surface area (Å²) in [5, 5.41) is 11.9. The molecule has 1 aliphatic carbocycles. The number of carbonyl (C=O) groups is 2. The predicted molar refractivity (Wildman–Crippen MR) is 78.3 cm³/mol. The first-order valence-electron chi connectivity index (χ1n) is 7.08. The van der Waals surface area contributed by atoms with Gasteiger partial charge in [-0.05, 0) is 56.7 Å². The number of carboxylic acid groups (broad SMARTS) is 1. The SMILES string of the molecule is Cc1cccc(OCC(=O)NC(C)(C(=O)O)C2CC2)c1C. The molecule has 0 spiro atoms. The summed E-state index contributed by atoms with van der Waals surface area (Å²) in [5.41, 5.74) is 0.872. The second-order valence-electron chi connectivity index (χ2n) is 5.82. The maximum absolute atomic E-state index is 12.0. The van der Waals surface area contributed by atoms with Crippen molar-refractivity contribution in [3.8, 4) is 5.75 Å². The van der Waals surface area contributed by atoms with Gasteiger partial charge in [-0.2, -0.15) is 0 Å². The summed E-state index contributed by atoms with van der Waals surface area (Å²) in [6, 6.07) is 5.63. The summed E-state index contributed by atoms with van der Waals surface area (Å²) in [7, 11) is 0. The molecular weight excluding hydrogens is 270 g/mol. The smallest absolute Gasteiger partial charge is 0.329 e. The molecular formula is C16H21NO4. The highest BCUT2D eigenvalue weighted by molar-refractivity contribution is 5.88. The summed E-state index contributed by atoms with van der Waals surface area (Å²) in [5.74, 6) is -0.744. The van der Waals surface area contributed by atoms with Crippen molar-refractivity contribution in [1.29, 1.82) is 0 Å². The number of nitrogens with one attached hydrogen (secondary N) is 1. The zero-order chi connectivity index (χ0) is 15.6. The topological polar surface area (TPSA) is 75.6 Å². The van der Waals surface area contributed by atoms with Crippen molar-refractivity contribution in [3.05, 3.63) is 29.3 Å². The number of carbonyl (C=O) groups excluding carboxylic acids is 1. The van der Waals surface area contributed by atoms with Gasteiger partial charge in [-0.3, -0.25) is 4.79 Å². The van der Waals surface area contributed by atoms with E-state index in [4.69, 9.17) is 4.74 Å². The molecule has 0 aliphatic heterocycles. The van der Waals surface area contributed by atoms with E-state index in [-0.39, 0.29) is 12.5 Å². The minimum atomic E-state index is -1.19. The summed E-state index contributed by atoms with van der Waals surface area (Å²) in [6.07, 6.45) is 1.67. The van der Waals surface area contributed by atoms with Crippen LogP contribution in [0.1, 0.15) is 30.9 Å². The Morgan fingerprint density at radius 2 is 2.05 bits per heavy atom. The number of aryl methyl sites for hydroxylation is 1. The van der Waals surface area contributed by atoms with Crippen LogP contribution in [-0.2, 0) is 9.59 Å². The molecule has 2 N–H and O–H groups in total. The van der Waals surface area contributed by atoms with Gasteiger partial charge in [0.2, 0.25) is 0 Å². The van der Waals surface area contributed by atoms with Crippen LogP contribution in [0.3, 0.4) is 0 Å². The van der Waals surface area contributed by atoms with Gasteiger partial charge in [-0.25, -0.2) is 4.79 Å². The highest BCUT2D eigenvalue weighted by Gasteiger charge is 2.48. The van der Waals surface area contributed by atoms with Gasteiger partial charge in [-0.15, -0.1) is 0 Å². The fraction of sp³-hybridized carbons (Fsp3) is 0.500. The lowest BCUT2D eigenvalue weighted by Crippen LogP contribution is -2.55. The van der Waals surface area contributed by atoms with E-state index in [1.54, 1.807) is 13.0 Å². The van der Waals surface area contributed by atoms with Crippen LogP contribution < -0.4 is 10.1 Å². The molecule has 0 radical (unpaired) electrons. The molecule has 1 aromatic rings. The van der Waals surface area contributed by atoms with Gasteiger partial charge in [0.1, 0.15) is 11.3 Å². The normalized spacial score (nSPS) is 16.9. The van der Waals surface area contributed by atoms with Crippen molar-refractivity contribution < 1.29 is 19.4 Å². The lowest BCUT2D eigenvalue weighted by molar-refractivity contribution is -0.148. The Bertz CT molecular complexity index is 565. The highest BCUT2D eigenvalue weighted by Crippen LogP contribution is 2.39. The van der Waals surface area contributed by atoms with Gasteiger partial charge < -0.3 is 15.2 Å². The second kappa shape index (κ2) is 5.76. The Morgan fingerprint density at radius 3 is 2.62 bits per heavy atom. The van der Waals surface area contributed by atoms with Crippen molar-refractivity contribution in [2.24, 2.45) is 5.92 Å². The van der Waals surface area contributed by atoms with E-state index in [9.17, 15) is 14.7 Å². The van der Waals surface area contributed by atoms with Crippen molar-refractivity contribution in [1.82, 2.24) is 5.32 Å². The van der Waals surface area contributed by atoms with Crippen molar-refractivity contribution >= 4 is 11.9 Å². The molecule has 5 nitrogen and oxygen atoms in total. The van der Waals surface area contributed by atoms with Gasteiger partial charge in [0.25, 0.3) is 5.91 Å². The maximum Gasteiger partial charge on any atom is 0.329 e. The number of ether oxygens (including phenoxy) is 1. The first-order valence-corrected chi connectivity index (χ1v) is 7.08. The molecule has 0 aromatic heterocycles. The molecule has 1 unspecified atom stereocenters. The molecule has 114 valence electrons. The number of benzene rings is 1. The standard InChI is InChI=1S/C16H21NO4/c1-10-5-4-6-13(11(10)2)21-9-14(18)17-16(3,15(19)20)12-7-8-12/h4-6,12H,7-9H2,1-3H3,(H,17,18)(H,19,20). The molecule has 1 atom stereocenters. The fourth-order valence-electron chi connectivity index (χ4n) is 2.34. The summed E-state index contributed by atoms with van der Waals surface area (Å²) in [6.45, 7) is 5.27. The Labute approximate surface area is 124 Å². The van der Waals surface area contributed by atoms with Crippen LogP contribution >= 0.6 is 0 Å². The van der Waals surface area contributed by atoms with Crippen LogP contribution in [0.25, 0.3) is 0 Å². The molecule has 1 aliphatic rings. The lowest BCUT2D eigenvalue weighted by atomic mass is 9.96. The van der Waals surface area contributed by atoms with E-state index >= 15 is 0 Å². The second-order valence-corrected chi connectivity index (χ2v) is 5.82. The van der Waals surface area contributed by atoms with Gasteiger partial charge in [0, 0.05) is 0 Å². The molecule has 1 fully saturated rings. The average Bonchev–Trinajstić information content (AvgIpc) is 3.25. The van der Waals surface area contributed by atoms with Crippen molar-refractivity contribution in [2.45, 2.75) is 39.2 Å². The molecule has 0 bridgehead atoms. The van der Waals surface area contributed by atoms with Gasteiger partial charge >= 0.3 is 5.97 Å². The van der Waals surface area contributed by atoms with Crippen molar-refractivity contribution in [2.75, 3.05) is 6.61 Å². The fourth-order valence-corrected chi connectivity index (χ4v) is 2.34. The summed E-state index contributed by atoms with van der Waals surface area (Å²) < 4.78 is 5.50. The highest BCUT2D eigenvalue weighted by atomic mass is 16.5. The quantitative estimate of drug-likeness (QED) is 0.841. The molecule has 1 amide bonds. The molecule has 21 heavy (non-hydrogen) atoms. The third kappa shape index (κ3) is 3.35. The molecule has 0 saturated heterocycles. The minimum Gasteiger partial charge on any atom is -0.483 e. The Morgan fingerprint density at radius 1 is 1.38 bits per heavy atom. The van der Waals surface area contributed by atoms with Gasteiger partial charge in [0.15, 0.2) is 6.61 Å². The Kier molecular flexibility index (Phi) is 4.21. The van der Waals surface area contributed by atoms with E-state index in [1.807, 2.05) is 26.0 Å². The van der Waals surface area contributed by atoms with Crippen LogP contribution in [0.2, 0.25) is 0 Å². The van der Waals surface area contributed by atoms with Crippen LogP contribution in [0.5, 0.6) is 5.75 Å². The molecule has 5 heteroatoms. The molecule has 1 saturated carbocycles. The molecule has 1 aromatic carbocycles. The Balaban J connectivity index is 1.96. The average molecular weight is 291 g/mol. The van der Waals surface area contributed by atoms with Crippen LogP contribution in [0.15, 0.2) is 18.2 Å². The van der Waals surface area contributed by atoms with E-state index in [1.165, 1.54) is 0 Å². The summed E-state index contributed by atoms with van der Waals surface area (Å²) >= 11 is 0. The lowest BCUT2D eigenvalue weighted by Gasteiger charge is -2.26. The number of hydrogen-bond acceptors (Lipinski definition) is 3. The van der Waals surface area contributed by atoms with E-state index < -0.39 is 17.4 Å². The number of hydrogen-bond donors (Lipinski definition) is 2. The Hall–Kier alpha value is -2.04. The molecule has 0 heterocycles. The number of aliphatic carboxylic acids is 1. The molecule has 2 rings (SSSR count). The first kappa shape index (κ1) is 15.4. The third-order valence-electron chi connectivity index (χ3n) is 4.15. The van der Waals surface area contributed by atoms with E-state index in [2.05, 4.69) is 5.32 Å². The van der Waals surface area contributed by atoms with Crippen LogP contribution in [0.4, 0.5) is 0 Å².